The first kappa shape index (κ1) is 17.2. The standard InChI is InChI=1S/C17H20N4O3S/c1-14-4-2-3-5-16(14)25(23,24)19-17-7-6-15(12-18-17)21-10-8-20(13-22)9-11-21/h2-7,12-13H,8-11H2,1H3,(H,18,19). The predicted octanol–water partition coefficient (Wildman–Crippen LogP) is 1.47. The van der Waals surface area contributed by atoms with Crippen molar-refractivity contribution in [1.82, 2.24) is 9.88 Å². The van der Waals surface area contributed by atoms with E-state index in [1.165, 1.54) is 0 Å². The Hall–Kier alpha value is -2.61. The van der Waals surface area contributed by atoms with Crippen LogP contribution in [-0.4, -0.2) is 50.9 Å². The number of hydrogen-bond donors (Lipinski definition) is 1. The van der Waals surface area contributed by atoms with Crippen molar-refractivity contribution in [3.8, 4) is 0 Å². The molecule has 0 bridgehead atoms. The molecule has 2 aromatic rings. The zero-order valence-electron chi connectivity index (χ0n) is 13.9. The van der Waals surface area contributed by atoms with Gasteiger partial charge < -0.3 is 9.80 Å². The largest absolute Gasteiger partial charge is 0.367 e. The number of hydrogen-bond acceptors (Lipinski definition) is 5. The number of nitrogens with zero attached hydrogens (tertiary/aromatic N) is 3. The van der Waals surface area contributed by atoms with Crippen molar-refractivity contribution >= 4 is 27.9 Å². The van der Waals surface area contributed by atoms with Gasteiger partial charge in [-0.1, -0.05) is 18.2 Å². The predicted molar refractivity (Wildman–Crippen MR) is 96.1 cm³/mol. The SMILES string of the molecule is Cc1ccccc1S(=O)(=O)Nc1ccc(N2CCN(C=O)CC2)cn1. The van der Waals surface area contributed by atoms with E-state index in [9.17, 15) is 13.2 Å². The summed E-state index contributed by atoms with van der Waals surface area (Å²) in [4.78, 5) is 19.1. The van der Waals surface area contributed by atoms with Crippen molar-refractivity contribution in [3.63, 3.8) is 0 Å². The van der Waals surface area contributed by atoms with Gasteiger partial charge in [-0.2, -0.15) is 0 Å². The summed E-state index contributed by atoms with van der Waals surface area (Å²) in [5, 5.41) is 0. The topological polar surface area (TPSA) is 82.6 Å². The van der Waals surface area contributed by atoms with Crippen LogP contribution in [0.5, 0.6) is 0 Å². The number of anilines is 2. The van der Waals surface area contributed by atoms with Gasteiger partial charge in [0, 0.05) is 26.2 Å². The van der Waals surface area contributed by atoms with E-state index in [-0.39, 0.29) is 10.7 Å². The third-order valence-electron chi connectivity index (χ3n) is 4.20. The highest BCUT2D eigenvalue weighted by Crippen LogP contribution is 2.20. The minimum Gasteiger partial charge on any atom is -0.367 e. The Labute approximate surface area is 147 Å². The normalized spacial score (nSPS) is 15.1. The maximum atomic E-state index is 12.5. The van der Waals surface area contributed by atoms with Crippen molar-refractivity contribution in [1.29, 1.82) is 0 Å². The van der Waals surface area contributed by atoms with Crippen LogP contribution >= 0.6 is 0 Å². The van der Waals surface area contributed by atoms with Crippen LogP contribution in [0.3, 0.4) is 0 Å². The summed E-state index contributed by atoms with van der Waals surface area (Å²) in [6.07, 6.45) is 2.51. The third-order valence-corrected chi connectivity index (χ3v) is 5.71. The Morgan fingerprint density at radius 3 is 2.40 bits per heavy atom. The van der Waals surface area contributed by atoms with E-state index in [0.29, 0.717) is 18.7 Å². The first-order valence-electron chi connectivity index (χ1n) is 7.98. The first-order chi connectivity index (χ1) is 12.0. The lowest BCUT2D eigenvalue weighted by Crippen LogP contribution is -2.45. The van der Waals surface area contributed by atoms with E-state index in [0.717, 1.165) is 25.2 Å². The maximum absolute atomic E-state index is 12.5. The van der Waals surface area contributed by atoms with Crippen LogP contribution in [0, 0.1) is 6.92 Å². The Kier molecular flexibility index (Phi) is 4.89. The maximum Gasteiger partial charge on any atom is 0.263 e. The van der Waals surface area contributed by atoms with Crippen molar-refractivity contribution in [2.45, 2.75) is 11.8 Å². The molecule has 0 unspecified atom stereocenters. The summed E-state index contributed by atoms with van der Waals surface area (Å²) in [5.74, 6) is 0.276. The van der Waals surface area contributed by atoms with Gasteiger partial charge in [-0.05, 0) is 30.7 Å². The smallest absolute Gasteiger partial charge is 0.263 e. The Bertz CT molecular complexity index is 844. The Balaban J connectivity index is 1.71. The molecule has 7 nitrogen and oxygen atoms in total. The molecule has 8 heteroatoms. The van der Waals surface area contributed by atoms with Crippen molar-refractivity contribution < 1.29 is 13.2 Å². The molecule has 1 amide bonds. The van der Waals surface area contributed by atoms with E-state index < -0.39 is 10.0 Å². The minimum absolute atomic E-state index is 0.242. The van der Waals surface area contributed by atoms with Gasteiger partial charge in [0.15, 0.2) is 0 Å². The van der Waals surface area contributed by atoms with Crippen LogP contribution in [0.1, 0.15) is 5.56 Å². The van der Waals surface area contributed by atoms with Crippen LogP contribution in [-0.2, 0) is 14.8 Å². The van der Waals surface area contributed by atoms with Crippen molar-refractivity contribution in [3.05, 3.63) is 48.2 Å². The zero-order valence-corrected chi connectivity index (χ0v) is 14.7. The first-order valence-corrected chi connectivity index (χ1v) is 9.47. The Morgan fingerprint density at radius 2 is 1.80 bits per heavy atom. The van der Waals surface area contributed by atoms with Crippen molar-refractivity contribution in [2.75, 3.05) is 35.8 Å². The molecule has 0 atom stereocenters. The number of piperazine rings is 1. The van der Waals surface area contributed by atoms with Crippen LogP contribution in [0.4, 0.5) is 11.5 Å². The summed E-state index contributed by atoms with van der Waals surface area (Å²) in [5.41, 5.74) is 1.59. The highest BCUT2D eigenvalue weighted by atomic mass is 32.2. The number of aryl methyl sites for hydroxylation is 1. The molecule has 1 fully saturated rings. The van der Waals surface area contributed by atoms with Gasteiger partial charge in [0.1, 0.15) is 5.82 Å². The van der Waals surface area contributed by atoms with Gasteiger partial charge in [0.05, 0.1) is 16.8 Å². The lowest BCUT2D eigenvalue weighted by Gasteiger charge is -2.33. The number of rotatable bonds is 5. The number of pyridine rings is 1. The highest BCUT2D eigenvalue weighted by Gasteiger charge is 2.18. The van der Waals surface area contributed by atoms with E-state index in [4.69, 9.17) is 0 Å². The van der Waals surface area contributed by atoms with Gasteiger partial charge in [-0.3, -0.25) is 9.52 Å². The molecule has 0 saturated carbocycles. The van der Waals surface area contributed by atoms with E-state index >= 15 is 0 Å². The summed E-state index contributed by atoms with van der Waals surface area (Å²) in [6.45, 7) is 4.56. The summed E-state index contributed by atoms with van der Waals surface area (Å²) >= 11 is 0. The van der Waals surface area contributed by atoms with Crippen LogP contribution in [0.2, 0.25) is 0 Å². The molecular weight excluding hydrogens is 340 g/mol. The number of benzene rings is 1. The molecule has 1 aromatic heterocycles. The fraction of sp³-hybridized carbons (Fsp3) is 0.294. The van der Waals surface area contributed by atoms with Crippen LogP contribution < -0.4 is 9.62 Å². The molecule has 1 saturated heterocycles. The highest BCUT2D eigenvalue weighted by molar-refractivity contribution is 7.92. The van der Waals surface area contributed by atoms with Gasteiger partial charge in [0.2, 0.25) is 6.41 Å². The molecule has 1 aromatic carbocycles. The molecule has 1 aliphatic rings. The summed E-state index contributed by atoms with van der Waals surface area (Å²) < 4.78 is 27.5. The molecule has 0 radical (unpaired) electrons. The number of carbonyl (C=O) groups excluding carboxylic acids is 1. The molecule has 25 heavy (non-hydrogen) atoms. The number of nitrogens with one attached hydrogen (secondary N) is 1. The second kappa shape index (κ2) is 7.10. The van der Waals surface area contributed by atoms with Gasteiger partial charge in [-0.25, -0.2) is 13.4 Å². The molecule has 3 rings (SSSR count). The van der Waals surface area contributed by atoms with E-state index in [2.05, 4.69) is 14.6 Å². The molecule has 0 spiro atoms. The quantitative estimate of drug-likeness (QED) is 0.817. The lowest BCUT2D eigenvalue weighted by atomic mass is 10.2. The molecule has 2 heterocycles. The number of aromatic nitrogens is 1. The van der Waals surface area contributed by atoms with Gasteiger partial charge >= 0.3 is 0 Å². The average molecular weight is 360 g/mol. The lowest BCUT2D eigenvalue weighted by molar-refractivity contribution is -0.118. The third kappa shape index (κ3) is 3.90. The second-order valence-electron chi connectivity index (χ2n) is 5.90. The number of carbonyl (C=O) groups is 1. The number of sulfonamides is 1. The Morgan fingerprint density at radius 1 is 1.08 bits per heavy atom. The molecule has 1 N–H and O–H groups in total. The fourth-order valence-corrected chi connectivity index (χ4v) is 4.03. The van der Waals surface area contributed by atoms with Crippen LogP contribution in [0.25, 0.3) is 0 Å². The fourth-order valence-electron chi connectivity index (χ4n) is 2.77. The van der Waals surface area contributed by atoms with Gasteiger partial charge in [-0.15, -0.1) is 0 Å². The number of amides is 1. The molecule has 1 aliphatic heterocycles. The molecule has 0 aliphatic carbocycles. The van der Waals surface area contributed by atoms with Gasteiger partial charge in [0.25, 0.3) is 10.0 Å². The minimum atomic E-state index is -3.66. The molecule has 132 valence electrons. The van der Waals surface area contributed by atoms with E-state index in [1.54, 1.807) is 48.4 Å². The van der Waals surface area contributed by atoms with Crippen molar-refractivity contribution in [2.24, 2.45) is 0 Å². The zero-order chi connectivity index (χ0) is 17.9. The second-order valence-corrected chi connectivity index (χ2v) is 7.55. The summed E-state index contributed by atoms with van der Waals surface area (Å²) in [6, 6.07) is 10.3. The summed E-state index contributed by atoms with van der Waals surface area (Å²) in [7, 11) is -3.66. The average Bonchev–Trinajstić information content (AvgIpc) is 2.62. The van der Waals surface area contributed by atoms with Crippen LogP contribution in [0.15, 0.2) is 47.5 Å². The monoisotopic (exact) mass is 360 g/mol. The van der Waals surface area contributed by atoms with E-state index in [1.807, 2.05) is 6.07 Å². The molecular formula is C17H20N4O3S.